The van der Waals surface area contributed by atoms with E-state index in [4.69, 9.17) is 14.2 Å². The van der Waals surface area contributed by atoms with Crippen LogP contribution in [0.1, 0.15) is 126 Å². The van der Waals surface area contributed by atoms with Crippen LogP contribution < -0.4 is 10.6 Å². The van der Waals surface area contributed by atoms with Crippen molar-refractivity contribution in [1.82, 2.24) is 10.6 Å². The highest BCUT2D eigenvalue weighted by atomic mass is 16.7. The Balaban J connectivity index is 1.43. The maximum atomic E-state index is 12.3. The lowest BCUT2D eigenvalue weighted by atomic mass is 9.81. The average Bonchev–Trinajstić information content (AvgIpc) is 2.60. The van der Waals surface area contributed by atoms with E-state index in [0.717, 1.165) is 64.4 Å². The molecule has 2 rings (SSSR count). The number of carbonyl (C=O) groups excluding carboxylic acids is 1. The van der Waals surface area contributed by atoms with Gasteiger partial charge in [0.1, 0.15) is 12.9 Å². The van der Waals surface area contributed by atoms with E-state index in [-0.39, 0.29) is 40.3 Å². The van der Waals surface area contributed by atoms with Crippen molar-refractivity contribution in [1.29, 1.82) is 0 Å². The highest BCUT2D eigenvalue weighted by Crippen LogP contribution is 2.31. The lowest BCUT2D eigenvalue weighted by Gasteiger charge is -2.46. The summed E-state index contributed by atoms with van der Waals surface area (Å²) in [7, 11) is 0. The minimum absolute atomic E-state index is 0.00369. The minimum atomic E-state index is -0.0348. The maximum absolute atomic E-state index is 12.3. The molecular formula is C28H54N2O4. The summed E-state index contributed by atoms with van der Waals surface area (Å²) < 4.78 is 17.5. The molecule has 2 aliphatic rings. The van der Waals surface area contributed by atoms with Crippen LogP contribution in [0.2, 0.25) is 0 Å². The van der Waals surface area contributed by atoms with Gasteiger partial charge < -0.3 is 24.8 Å². The smallest absolute Gasteiger partial charge is 0.306 e. The number of nitrogens with one attached hydrogen (secondary N) is 2. The number of hydrogen-bond donors (Lipinski definition) is 2. The van der Waals surface area contributed by atoms with Gasteiger partial charge in [-0.05, 0) is 81.1 Å². The summed E-state index contributed by atoms with van der Waals surface area (Å²) in [5, 5.41) is 7.32. The standard InChI is InChI=1S/C28H54N2O4/c1-25(2)17-22(18-26(3,4)29-25)33-21-32-16-14-12-10-9-11-13-15-24(31)34-23-19-27(5,6)30-28(7,8)20-23/h22-23,29-30H,9-21H2,1-8H3. The number of carbonyl (C=O) groups is 1. The van der Waals surface area contributed by atoms with Crippen molar-refractivity contribution in [2.45, 2.75) is 160 Å². The summed E-state index contributed by atoms with van der Waals surface area (Å²) in [6.07, 6.45) is 11.2. The molecule has 2 aliphatic heterocycles. The average molecular weight is 483 g/mol. The van der Waals surface area contributed by atoms with Crippen LogP contribution >= 0.6 is 0 Å². The van der Waals surface area contributed by atoms with E-state index in [0.29, 0.717) is 13.2 Å². The second kappa shape index (κ2) is 12.5. The first-order chi connectivity index (χ1) is 15.7. The SMILES string of the molecule is CC1(C)CC(OCOCCCCCCCCC(=O)OC2CC(C)(C)NC(C)(C)C2)CC(C)(C)N1. The number of piperidine rings is 2. The van der Waals surface area contributed by atoms with Gasteiger partial charge in [-0.25, -0.2) is 0 Å². The Morgan fingerprint density at radius 1 is 0.676 bits per heavy atom. The molecule has 0 aromatic rings. The third kappa shape index (κ3) is 11.8. The first-order valence-corrected chi connectivity index (χ1v) is 13.6. The van der Waals surface area contributed by atoms with Crippen LogP contribution in [0.15, 0.2) is 0 Å². The van der Waals surface area contributed by atoms with Crippen molar-refractivity contribution >= 4 is 5.97 Å². The first kappa shape index (κ1) is 29.5. The van der Waals surface area contributed by atoms with Gasteiger partial charge in [-0.1, -0.05) is 25.7 Å². The lowest BCUT2D eigenvalue weighted by molar-refractivity contribution is -0.153. The molecule has 0 spiro atoms. The van der Waals surface area contributed by atoms with Gasteiger partial charge in [-0.3, -0.25) is 4.79 Å². The second-order valence-electron chi connectivity index (χ2n) is 13.4. The van der Waals surface area contributed by atoms with Crippen molar-refractivity contribution in [3.8, 4) is 0 Å². The van der Waals surface area contributed by atoms with Gasteiger partial charge in [0.05, 0.1) is 6.10 Å². The molecule has 0 aliphatic carbocycles. The predicted molar refractivity (Wildman–Crippen MR) is 139 cm³/mol. The van der Waals surface area contributed by atoms with Gasteiger partial charge in [0.2, 0.25) is 0 Å². The summed E-state index contributed by atoms with van der Waals surface area (Å²) in [6, 6.07) is 0. The van der Waals surface area contributed by atoms with E-state index in [1.54, 1.807) is 0 Å². The highest BCUT2D eigenvalue weighted by molar-refractivity contribution is 5.69. The zero-order chi connectivity index (χ0) is 25.5. The highest BCUT2D eigenvalue weighted by Gasteiger charge is 2.39. The topological polar surface area (TPSA) is 68.8 Å². The van der Waals surface area contributed by atoms with E-state index in [2.05, 4.69) is 66.0 Å². The van der Waals surface area contributed by atoms with Crippen molar-refractivity contribution < 1.29 is 19.0 Å². The van der Waals surface area contributed by atoms with E-state index in [1.807, 2.05) is 0 Å². The Bertz CT molecular complexity index is 598. The number of esters is 1. The largest absolute Gasteiger partial charge is 0.462 e. The van der Waals surface area contributed by atoms with Crippen LogP contribution in [0.3, 0.4) is 0 Å². The molecule has 0 aromatic carbocycles. The van der Waals surface area contributed by atoms with Crippen LogP contribution in [0, 0.1) is 0 Å². The predicted octanol–water partition coefficient (Wildman–Crippen LogP) is 5.87. The molecule has 2 heterocycles. The fourth-order valence-electron chi connectivity index (χ4n) is 6.29. The van der Waals surface area contributed by atoms with E-state index in [9.17, 15) is 4.79 Å². The number of ether oxygens (including phenoxy) is 3. The molecule has 2 N–H and O–H groups in total. The normalized spacial score (nSPS) is 24.1. The monoisotopic (exact) mass is 482 g/mol. The van der Waals surface area contributed by atoms with E-state index in [1.165, 1.54) is 6.42 Å². The molecule has 0 amide bonds. The summed E-state index contributed by atoms with van der Waals surface area (Å²) >= 11 is 0. The van der Waals surface area contributed by atoms with Crippen molar-refractivity contribution in [3.63, 3.8) is 0 Å². The molecule has 0 aromatic heterocycles. The Morgan fingerprint density at radius 3 is 1.65 bits per heavy atom. The Morgan fingerprint density at radius 2 is 1.12 bits per heavy atom. The van der Waals surface area contributed by atoms with E-state index < -0.39 is 0 Å². The Kier molecular flexibility index (Phi) is 10.9. The van der Waals surface area contributed by atoms with Crippen molar-refractivity contribution in [2.24, 2.45) is 0 Å². The molecule has 0 radical (unpaired) electrons. The minimum Gasteiger partial charge on any atom is -0.462 e. The summed E-state index contributed by atoms with van der Waals surface area (Å²) in [5.41, 5.74) is 0.210. The van der Waals surface area contributed by atoms with Crippen LogP contribution in [-0.2, 0) is 19.0 Å². The number of rotatable bonds is 13. The van der Waals surface area contributed by atoms with Gasteiger partial charge in [0.25, 0.3) is 0 Å². The molecule has 0 bridgehead atoms. The lowest BCUT2D eigenvalue weighted by Crippen LogP contribution is -2.59. The van der Waals surface area contributed by atoms with Gasteiger partial charge in [0, 0.05) is 48.0 Å². The van der Waals surface area contributed by atoms with E-state index >= 15 is 0 Å². The Labute approximate surface area is 209 Å². The van der Waals surface area contributed by atoms with Crippen molar-refractivity contribution in [3.05, 3.63) is 0 Å². The fraction of sp³-hybridized carbons (Fsp3) is 0.964. The first-order valence-electron chi connectivity index (χ1n) is 13.6. The molecule has 0 atom stereocenters. The zero-order valence-electron chi connectivity index (χ0n) is 23.5. The zero-order valence-corrected chi connectivity index (χ0v) is 23.5. The van der Waals surface area contributed by atoms with Gasteiger partial charge in [0.15, 0.2) is 0 Å². The number of unbranched alkanes of at least 4 members (excludes halogenated alkanes) is 5. The molecule has 6 nitrogen and oxygen atoms in total. The molecule has 2 saturated heterocycles. The second-order valence-corrected chi connectivity index (χ2v) is 13.4. The molecule has 34 heavy (non-hydrogen) atoms. The maximum Gasteiger partial charge on any atom is 0.306 e. The third-order valence-corrected chi connectivity index (χ3v) is 6.91. The molecule has 0 saturated carbocycles. The Hall–Kier alpha value is -0.690. The third-order valence-electron chi connectivity index (χ3n) is 6.91. The molecule has 200 valence electrons. The number of hydrogen-bond acceptors (Lipinski definition) is 6. The molecular weight excluding hydrogens is 428 g/mol. The summed E-state index contributed by atoms with van der Waals surface area (Å²) in [4.78, 5) is 12.3. The van der Waals surface area contributed by atoms with Crippen LogP contribution in [0.25, 0.3) is 0 Å². The molecule has 0 unspecified atom stereocenters. The van der Waals surface area contributed by atoms with Gasteiger partial charge in [-0.15, -0.1) is 0 Å². The van der Waals surface area contributed by atoms with Crippen LogP contribution in [0.5, 0.6) is 0 Å². The fourth-order valence-corrected chi connectivity index (χ4v) is 6.29. The van der Waals surface area contributed by atoms with Gasteiger partial charge in [-0.2, -0.15) is 0 Å². The quantitative estimate of drug-likeness (QED) is 0.194. The summed E-state index contributed by atoms with van der Waals surface area (Å²) in [6.45, 7) is 18.8. The molecule has 6 heteroatoms. The van der Waals surface area contributed by atoms with Gasteiger partial charge >= 0.3 is 5.97 Å². The van der Waals surface area contributed by atoms with Crippen LogP contribution in [0.4, 0.5) is 0 Å². The summed E-state index contributed by atoms with van der Waals surface area (Å²) in [5.74, 6) is -0.0348. The van der Waals surface area contributed by atoms with Crippen molar-refractivity contribution in [2.75, 3.05) is 13.4 Å². The molecule has 2 fully saturated rings. The van der Waals surface area contributed by atoms with Crippen LogP contribution in [-0.4, -0.2) is 53.7 Å².